The Morgan fingerprint density at radius 1 is 1.45 bits per heavy atom. The van der Waals surface area contributed by atoms with Gasteiger partial charge in [-0.05, 0) is 18.8 Å². The molecule has 1 amide bonds. The van der Waals surface area contributed by atoms with Gasteiger partial charge in [0.1, 0.15) is 0 Å². The number of piperidine rings is 1. The van der Waals surface area contributed by atoms with Crippen LogP contribution in [0.2, 0.25) is 0 Å². The number of hydrogen-bond donors (Lipinski definition) is 0. The highest BCUT2D eigenvalue weighted by atomic mass is 16.2. The topological polar surface area (TPSA) is 20.3 Å². The van der Waals surface area contributed by atoms with Gasteiger partial charge in [-0.1, -0.05) is 13.8 Å². The molecule has 1 aliphatic rings. The average molecular weight is 154 g/mol. The zero-order valence-electron chi connectivity index (χ0n) is 7.39. The first-order valence-corrected chi connectivity index (χ1v) is 4.27. The van der Waals surface area contributed by atoms with E-state index >= 15 is 0 Å². The standard InChI is InChI=1S/C9H16NO/c1-8(2)7-10-6-4-3-5-9(10)11/h3-7H2,1-2H3. The van der Waals surface area contributed by atoms with Gasteiger partial charge < -0.3 is 4.90 Å². The van der Waals surface area contributed by atoms with Gasteiger partial charge in [0.2, 0.25) is 5.91 Å². The van der Waals surface area contributed by atoms with Crippen LogP contribution in [0.5, 0.6) is 0 Å². The van der Waals surface area contributed by atoms with Gasteiger partial charge in [0.05, 0.1) is 0 Å². The summed E-state index contributed by atoms with van der Waals surface area (Å²) in [5.41, 5.74) is 0. The average Bonchev–Trinajstić information content (AvgIpc) is 1.93. The van der Waals surface area contributed by atoms with Crippen molar-refractivity contribution in [1.82, 2.24) is 4.90 Å². The first kappa shape index (κ1) is 8.57. The van der Waals surface area contributed by atoms with E-state index in [0.717, 1.165) is 25.9 Å². The van der Waals surface area contributed by atoms with Crippen LogP contribution < -0.4 is 0 Å². The van der Waals surface area contributed by atoms with Crippen molar-refractivity contribution in [3.8, 4) is 0 Å². The van der Waals surface area contributed by atoms with Crippen LogP contribution in [0, 0.1) is 5.92 Å². The van der Waals surface area contributed by atoms with Gasteiger partial charge >= 0.3 is 0 Å². The number of nitrogens with zero attached hydrogens (tertiary/aromatic N) is 1. The fourth-order valence-corrected chi connectivity index (χ4v) is 1.41. The Hall–Kier alpha value is -0.530. The molecule has 1 rings (SSSR count). The van der Waals surface area contributed by atoms with Crippen molar-refractivity contribution in [3.63, 3.8) is 0 Å². The molecule has 0 aromatic carbocycles. The smallest absolute Gasteiger partial charge is 0.222 e. The van der Waals surface area contributed by atoms with Gasteiger partial charge in [0.15, 0.2) is 0 Å². The number of rotatable bonds is 2. The van der Waals surface area contributed by atoms with Gasteiger partial charge in [-0.15, -0.1) is 0 Å². The molecular formula is C9H16NO. The van der Waals surface area contributed by atoms with E-state index in [1.807, 2.05) is 4.90 Å². The van der Waals surface area contributed by atoms with Gasteiger partial charge in [-0.25, -0.2) is 0 Å². The molecule has 0 aromatic heterocycles. The maximum absolute atomic E-state index is 11.2. The zero-order chi connectivity index (χ0) is 8.27. The van der Waals surface area contributed by atoms with Gasteiger partial charge in [0.25, 0.3) is 0 Å². The van der Waals surface area contributed by atoms with Crippen LogP contribution in [0.25, 0.3) is 0 Å². The quantitative estimate of drug-likeness (QED) is 0.591. The van der Waals surface area contributed by atoms with Crippen molar-refractivity contribution in [2.45, 2.75) is 33.1 Å². The summed E-state index contributed by atoms with van der Waals surface area (Å²) in [5.74, 6) is 1.65. The Labute approximate surface area is 68.6 Å². The van der Waals surface area contributed by atoms with Crippen LogP contribution >= 0.6 is 0 Å². The summed E-state index contributed by atoms with van der Waals surface area (Å²) in [5, 5.41) is 0. The molecule has 1 radical (unpaired) electrons. The first-order chi connectivity index (χ1) is 5.20. The molecule has 0 aromatic rings. The molecule has 1 fully saturated rings. The maximum Gasteiger partial charge on any atom is 0.222 e. The van der Waals surface area contributed by atoms with Gasteiger partial charge in [0, 0.05) is 19.5 Å². The second kappa shape index (κ2) is 3.74. The fraction of sp³-hybridized carbons (Fsp3) is 0.778. The highest BCUT2D eigenvalue weighted by molar-refractivity contribution is 5.76. The first-order valence-electron chi connectivity index (χ1n) is 4.27. The summed E-state index contributed by atoms with van der Waals surface area (Å²) in [6.07, 6.45) is 3.02. The van der Waals surface area contributed by atoms with Crippen molar-refractivity contribution in [3.05, 3.63) is 5.92 Å². The molecule has 2 heteroatoms. The van der Waals surface area contributed by atoms with Crippen molar-refractivity contribution in [1.29, 1.82) is 0 Å². The summed E-state index contributed by atoms with van der Waals surface area (Å²) < 4.78 is 0. The zero-order valence-corrected chi connectivity index (χ0v) is 7.39. The lowest BCUT2D eigenvalue weighted by atomic mass is 10.1. The molecule has 0 N–H and O–H groups in total. The number of carbonyl (C=O) groups excluding carboxylic acids is 1. The molecule has 0 bridgehead atoms. The summed E-state index contributed by atoms with van der Waals surface area (Å²) in [6.45, 7) is 5.96. The molecule has 0 saturated carbocycles. The molecule has 0 aliphatic carbocycles. The Balaban J connectivity index is 2.36. The van der Waals surface area contributed by atoms with Crippen LogP contribution in [-0.2, 0) is 4.79 Å². The van der Waals surface area contributed by atoms with Crippen molar-refractivity contribution >= 4 is 5.91 Å². The lowest BCUT2D eigenvalue weighted by Crippen LogP contribution is -2.37. The van der Waals surface area contributed by atoms with E-state index in [0.29, 0.717) is 5.91 Å². The van der Waals surface area contributed by atoms with Crippen molar-refractivity contribution in [2.24, 2.45) is 0 Å². The fourth-order valence-electron chi connectivity index (χ4n) is 1.41. The van der Waals surface area contributed by atoms with Crippen molar-refractivity contribution in [2.75, 3.05) is 13.1 Å². The van der Waals surface area contributed by atoms with Gasteiger partial charge in [-0.2, -0.15) is 0 Å². The Kier molecular flexibility index (Phi) is 2.92. The molecule has 0 spiro atoms. The second-order valence-electron chi connectivity index (χ2n) is 3.48. The summed E-state index contributed by atoms with van der Waals surface area (Å²) in [4.78, 5) is 13.2. The van der Waals surface area contributed by atoms with E-state index in [1.54, 1.807) is 0 Å². The Morgan fingerprint density at radius 2 is 2.18 bits per heavy atom. The molecule has 63 valence electrons. The molecule has 0 unspecified atom stereocenters. The monoisotopic (exact) mass is 154 g/mol. The Bertz CT molecular complexity index is 142. The molecule has 0 atom stereocenters. The van der Waals surface area contributed by atoms with Crippen molar-refractivity contribution < 1.29 is 4.79 Å². The van der Waals surface area contributed by atoms with Crippen LogP contribution in [-0.4, -0.2) is 23.9 Å². The lowest BCUT2D eigenvalue weighted by molar-refractivity contribution is -0.133. The minimum Gasteiger partial charge on any atom is -0.342 e. The third-order valence-corrected chi connectivity index (χ3v) is 1.93. The number of amides is 1. The Morgan fingerprint density at radius 3 is 2.73 bits per heavy atom. The maximum atomic E-state index is 11.2. The highest BCUT2D eigenvalue weighted by Gasteiger charge is 2.17. The lowest BCUT2D eigenvalue weighted by Gasteiger charge is -2.27. The largest absolute Gasteiger partial charge is 0.342 e. The normalized spacial score (nSPS) is 19.5. The summed E-state index contributed by atoms with van der Waals surface area (Å²) in [7, 11) is 0. The van der Waals surface area contributed by atoms with E-state index in [2.05, 4.69) is 13.8 Å². The van der Waals surface area contributed by atoms with Crippen LogP contribution in [0.15, 0.2) is 0 Å². The van der Waals surface area contributed by atoms with E-state index < -0.39 is 0 Å². The minimum absolute atomic E-state index is 0.331. The third kappa shape index (κ3) is 2.52. The molecule has 1 aliphatic heterocycles. The molecule has 2 nitrogen and oxygen atoms in total. The van der Waals surface area contributed by atoms with Crippen LogP contribution in [0.3, 0.4) is 0 Å². The van der Waals surface area contributed by atoms with Crippen LogP contribution in [0.1, 0.15) is 33.1 Å². The minimum atomic E-state index is 0.331. The third-order valence-electron chi connectivity index (χ3n) is 1.93. The highest BCUT2D eigenvalue weighted by Crippen LogP contribution is 2.12. The molecule has 1 heterocycles. The predicted octanol–water partition coefficient (Wildman–Crippen LogP) is 1.61. The van der Waals surface area contributed by atoms with E-state index in [4.69, 9.17) is 0 Å². The molecule has 11 heavy (non-hydrogen) atoms. The van der Waals surface area contributed by atoms with Gasteiger partial charge in [-0.3, -0.25) is 4.79 Å². The second-order valence-corrected chi connectivity index (χ2v) is 3.48. The number of carbonyl (C=O) groups is 1. The van der Waals surface area contributed by atoms with E-state index in [1.165, 1.54) is 12.3 Å². The van der Waals surface area contributed by atoms with Crippen LogP contribution in [0.4, 0.5) is 0 Å². The van der Waals surface area contributed by atoms with E-state index in [9.17, 15) is 4.79 Å². The molecular weight excluding hydrogens is 138 g/mol. The molecule has 1 saturated heterocycles. The summed E-state index contributed by atoms with van der Waals surface area (Å²) >= 11 is 0. The van der Waals surface area contributed by atoms with E-state index in [-0.39, 0.29) is 0 Å². The predicted molar refractivity (Wildman–Crippen MR) is 45.0 cm³/mol. The number of hydrogen-bond acceptors (Lipinski definition) is 1. The summed E-state index contributed by atoms with van der Waals surface area (Å²) in [6, 6.07) is 0. The SMILES string of the molecule is C[C](C)CN1CCCCC1=O. The number of likely N-dealkylation sites (tertiary alicyclic amines) is 1.